The Morgan fingerprint density at radius 2 is 2.23 bits per heavy atom. The number of carboxylic acid groups (broad SMARTS) is 1. The molecule has 0 saturated carbocycles. The second kappa shape index (κ2) is 8.12. The van der Waals surface area contributed by atoms with E-state index in [0.717, 1.165) is 16.3 Å². The molecule has 13 heteroatoms. The van der Waals surface area contributed by atoms with Crippen LogP contribution in [-0.4, -0.2) is 74.8 Å². The number of anilines is 1. The van der Waals surface area contributed by atoms with Crippen LogP contribution in [0.2, 0.25) is 0 Å². The molecule has 31 heavy (non-hydrogen) atoms. The summed E-state index contributed by atoms with van der Waals surface area (Å²) >= 11 is 1.12. The standard InChI is InChI=1S/C18H17N7O5S/c1-30-23-13(12-8-31-18(19)22-12)15(26)21-11-7-24-6-9(10-4-2-3-5-20-10)14(17(28)29)25(24)16(11)27/h2-5,8,11H,6-7H2,1H3,(H2,19,22)(H,21,26)(H,28,29)/b23-13-/t11-/m1/s1. The van der Waals surface area contributed by atoms with Crippen molar-refractivity contribution in [1.29, 1.82) is 0 Å². The van der Waals surface area contributed by atoms with E-state index in [1.807, 2.05) is 0 Å². The molecule has 2 aliphatic heterocycles. The molecule has 0 aliphatic carbocycles. The molecule has 0 bridgehead atoms. The van der Waals surface area contributed by atoms with Crippen LogP contribution < -0.4 is 11.1 Å². The first kappa shape index (κ1) is 20.4. The number of hydrazine groups is 1. The van der Waals surface area contributed by atoms with Crippen LogP contribution in [0.25, 0.3) is 5.57 Å². The van der Waals surface area contributed by atoms with E-state index < -0.39 is 23.8 Å². The Labute approximate surface area is 179 Å². The van der Waals surface area contributed by atoms with Crippen molar-refractivity contribution in [2.75, 3.05) is 25.9 Å². The number of hydrogen-bond acceptors (Lipinski definition) is 10. The molecule has 4 rings (SSSR count). The van der Waals surface area contributed by atoms with E-state index in [4.69, 9.17) is 10.6 Å². The van der Waals surface area contributed by atoms with Crippen LogP contribution >= 0.6 is 11.3 Å². The van der Waals surface area contributed by atoms with Crippen molar-refractivity contribution in [2.45, 2.75) is 6.04 Å². The number of aliphatic carboxylic acids is 1. The topological polar surface area (TPSA) is 163 Å². The number of nitrogen functional groups attached to an aromatic ring is 1. The molecule has 1 saturated heterocycles. The Hall–Kier alpha value is -3.84. The molecular weight excluding hydrogens is 426 g/mol. The van der Waals surface area contributed by atoms with Crippen molar-refractivity contribution in [3.8, 4) is 0 Å². The van der Waals surface area contributed by atoms with Gasteiger partial charge in [0.15, 0.2) is 16.5 Å². The second-order valence-electron chi connectivity index (χ2n) is 6.56. The molecule has 2 aromatic heterocycles. The van der Waals surface area contributed by atoms with Gasteiger partial charge in [-0.1, -0.05) is 11.2 Å². The maximum atomic E-state index is 13.0. The number of nitrogens with zero attached hydrogens (tertiary/aromatic N) is 5. The molecule has 12 nitrogen and oxygen atoms in total. The summed E-state index contributed by atoms with van der Waals surface area (Å²) in [7, 11) is 1.27. The largest absolute Gasteiger partial charge is 0.477 e. The number of rotatable bonds is 6. The Bertz CT molecular complexity index is 1110. The van der Waals surface area contributed by atoms with E-state index in [0.29, 0.717) is 11.3 Å². The fourth-order valence-corrected chi connectivity index (χ4v) is 3.97. The number of aromatic nitrogens is 2. The number of pyridine rings is 1. The third-order valence-corrected chi connectivity index (χ3v) is 5.34. The van der Waals surface area contributed by atoms with E-state index >= 15 is 0 Å². The second-order valence-corrected chi connectivity index (χ2v) is 7.45. The van der Waals surface area contributed by atoms with Gasteiger partial charge in [0.2, 0.25) is 0 Å². The van der Waals surface area contributed by atoms with Gasteiger partial charge in [0.25, 0.3) is 11.8 Å². The Morgan fingerprint density at radius 1 is 1.42 bits per heavy atom. The SMILES string of the molecule is CO/N=C(\C(=O)N[C@@H]1CN2CC(c3ccccn3)=C(C(=O)O)N2C1=O)c1csc(N)n1. The van der Waals surface area contributed by atoms with E-state index in [9.17, 15) is 19.5 Å². The number of hydrogen-bond donors (Lipinski definition) is 3. The van der Waals surface area contributed by atoms with Gasteiger partial charge >= 0.3 is 5.97 Å². The van der Waals surface area contributed by atoms with Gasteiger partial charge in [0.1, 0.15) is 18.8 Å². The Balaban J connectivity index is 1.57. The average Bonchev–Trinajstić information content (AvgIpc) is 3.42. The fourth-order valence-electron chi connectivity index (χ4n) is 3.42. The third kappa shape index (κ3) is 3.71. The maximum absolute atomic E-state index is 13.0. The molecule has 2 amide bonds. The number of nitrogens with one attached hydrogen (secondary N) is 1. The lowest BCUT2D eigenvalue weighted by Crippen LogP contribution is -2.46. The van der Waals surface area contributed by atoms with Crippen LogP contribution in [0, 0.1) is 0 Å². The third-order valence-electron chi connectivity index (χ3n) is 4.67. The minimum atomic E-state index is -1.26. The van der Waals surface area contributed by atoms with Crippen LogP contribution in [0.5, 0.6) is 0 Å². The predicted octanol–water partition coefficient (Wildman–Crippen LogP) is -0.476. The number of thiazole rings is 1. The number of carbonyl (C=O) groups excluding carboxylic acids is 2. The maximum Gasteiger partial charge on any atom is 0.354 e. The summed E-state index contributed by atoms with van der Waals surface area (Å²) in [6.07, 6.45) is 1.55. The molecule has 4 N–H and O–H groups in total. The molecule has 0 aromatic carbocycles. The van der Waals surface area contributed by atoms with E-state index in [1.54, 1.807) is 29.4 Å². The van der Waals surface area contributed by atoms with E-state index in [1.165, 1.54) is 12.5 Å². The minimum Gasteiger partial charge on any atom is -0.477 e. The van der Waals surface area contributed by atoms with Crippen LogP contribution in [-0.2, 0) is 19.2 Å². The van der Waals surface area contributed by atoms with E-state index in [-0.39, 0.29) is 35.3 Å². The smallest absolute Gasteiger partial charge is 0.354 e. The minimum absolute atomic E-state index is 0.0805. The molecule has 0 unspecified atom stereocenters. The number of nitrogens with two attached hydrogens (primary N) is 1. The zero-order valence-corrected chi connectivity index (χ0v) is 17.0. The van der Waals surface area contributed by atoms with Crippen molar-refractivity contribution in [3.05, 3.63) is 46.9 Å². The lowest BCUT2D eigenvalue weighted by molar-refractivity contribution is -0.143. The van der Waals surface area contributed by atoms with Crippen molar-refractivity contribution in [2.24, 2.45) is 5.16 Å². The van der Waals surface area contributed by atoms with Crippen molar-refractivity contribution in [1.82, 2.24) is 25.3 Å². The first-order valence-corrected chi connectivity index (χ1v) is 9.88. The molecule has 4 heterocycles. The summed E-state index contributed by atoms with van der Waals surface area (Å²) in [6, 6.07) is 4.15. The molecule has 1 fully saturated rings. The van der Waals surface area contributed by atoms with Gasteiger partial charge in [-0.2, -0.15) is 0 Å². The highest BCUT2D eigenvalue weighted by Gasteiger charge is 2.48. The number of fused-ring (bicyclic) bond motifs is 1. The highest BCUT2D eigenvalue weighted by atomic mass is 32.1. The zero-order chi connectivity index (χ0) is 22.1. The predicted molar refractivity (Wildman–Crippen MR) is 109 cm³/mol. The lowest BCUT2D eigenvalue weighted by Gasteiger charge is -2.19. The van der Waals surface area contributed by atoms with Gasteiger partial charge in [-0.15, -0.1) is 11.3 Å². The molecule has 2 aliphatic rings. The molecular formula is C18H17N7O5S. The van der Waals surface area contributed by atoms with Gasteiger partial charge in [0, 0.05) is 30.2 Å². The quantitative estimate of drug-likeness (QED) is 0.395. The number of carboxylic acids is 1. The monoisotopic (exact) mass is 443 g/mol. The molecule has 0 radical (unpaired) electrons. The summed E-state index contributed by atoms with van der Waals surface area (Å²) in [5, 5.41) is 20.4. The average molecular weight is 443 g/mol. The summed E-state index contributed by atoms with van der Waals surface area (Å²) in [5.74, 6) is -2.53. The highest BCUT2D eigenvalue weighted by Crippen LogP contribution is 2.34. The van der Waals surface area contributed by atoms with Crippen LogP contribution in [0.3, 0.4) is 0 Å². The molecule has 160 valence electrons. The first-order valence-electron chi connectivity index (χ1n) is 9.00. The van der Waals surface area contributed by atoms with Crippen molar-refractivity contribution < 1.29 is 24.3 Å². The van der Waals surface area contributed by atoms with Gasteiger partial charge in [0.05, 0.1) is 5.69 Å². The van der Waals surface area contributed by atoms with Gasteiger partial charge in [-0.25, -0.2) is 19.8 Å². The molecule has 0 spiro atoms. The van der Waals surface area contributed by atoms with Crippen LogP contribution in [0.15, 0.2) is 40.6 Å². The number of carbonyl (C=O) groups is 3. The summed E-state index contributed by atoms with van der Waals surface area (Å²) in [5.41, 5.74) is 6.38. The Kier molecular flexibility index (Phi) is 5.35. The van der Waals surface area contributed by atoms with Gasteiger partial charge < -0.3 is 21.0 Å². The van der Waals surface area contributed by atoms with Gasteiger partial charge in [-0.05, 0) is 12.1 Å². The van der Waals surface area contributed by atoms with Crippen LogP contribution in [0.1, 0.15) is 11.4 Å². The Morgan fingerprint density at radius 3 is 2.84 bits per heavy atom. The molecule has 1 atom stereocenters. The van der Waals surface area contributed by atoms with Crippen molar-refractivity contribution >= 4 is 45.5 Å². The lowest BCUT2D eigenvalue weighted by atomic mass is 10.1. The number of oxime groups is 1. The normalized spacial score (nSPS) is 19.0. The summed E-state index contributed by atoms with van der Waals surface area (Å²) < 4.78 is 0. The highest BCUT2D eigenvalue weighted by molar-refractivity contribution is 7.13. The fraction of sp³-hybridized carbons (Fsp3) is 0.222. The number of amides is 2. The summed E-state index contributed by atoms with van der Waals surface area (Å²) in [6.45, 7) is 0.246. The first-order chi connectivity index (χ1) is 14.9. The van der Waals surface area contributed by atoms with Crippen molar-refractivity contribution in [3.63, 3.8) is 0 Å². The van der Waals surface area contributed by atoms with Crippen LogP contribution in [0.4, 0.5) is 5.13 Å². The summed E-state index contributed by atoms with van der Waals surface area (Å²) in [4.78, 5) is 50.6. The molecule has 2 aromatic rings. The van der Waals surface area contributed by atoms with E-state index in [2.05, 4.69) is 20.4 Å². The zero-order valence-electron chi connectivity index (χ0n) is 16.2. The van der Waals surface area contributed by atoms with Gasteiger partial charge in [-0.3, -0.25) is 14.6 Å².